The summed E-state index contributed by atoms with van der Waals surface area (Å²) in [5.74, 6) is -0.737. The van der Waals surface area contributed by atoms with Crippen molar-refractivity contribution in [3.8, 4) is 0 Å². The first kappa shape index (κ1) is 28.9. The molecule has 22 heavy (non-hydrogen) atoms. The Labute approximate surface area is 133 Å². The van der Waals surface area contributed by atoms with Crippen molar-refractivity contribution >= 4 is 11.9 Å². The zero-order valence-electron chi connectivity index (χ0n) is 14.3. The van der Waals surface area contributed by atoms with Gasteiger partial charge in [-0.15, -0.1) is 0 Å². The maximum Gasteiger partial charge on any atom is 0.302 e. The van der Waals surface area contributed by atoms with Gasteiger partial charge in [-0.05, 0) is 20.8 Å². The van der Waals surface area contributed by atoms with Crippen LogP contribution in [0.2, 0.25) is 0 Å². The van der Waals surface area contributed by atoms with Crippen LogP contribution in [0.3, 0.4) is 0 Å². The van der Waals surface area contributed by atoms with Crippen LogP contribution in [0.5, 0.6) is 0 Å². The molecule has 0 heterocycles. The summed E-state index contributed by atoms with van der Waals surface area (Å²) in [5, 5.41) is 22.8. The van der Waals surface area contributed by atoms with E-state index in [-0.39, 0.29) is 45.0 Å². The molecule has 8 heteroatoms. The second-order valence-corrected chi connectivity index (χ2v) is 3.23. The van der Waals surface area contributed by atoms with Crippen molar-refractivity contribution in [1.82, 2.24) is 0 Å². The second-order valence-electron chi connectivity index (χ2n) is 3.23. The van der Waals surface area contributed by atoms with Crippen LogP contribution >= 0.6 is 0 Å². The van der Waals surface area contributed by atoms with E-state index in [1.807, 2.05) is 13.8 Å². The smallest absolute Gasteiger partial charge is 0.302 e. The number of hydrogen-bond acceptors (Lipinski definition) is 8. The van der Waals surface area contributed by atoms with Gasteiger partial charge in [0, 0.05) is 33.7 Å². The van der Waals surface area contributed by atoms with E-state index in [9.17, 15) is 9.59 Å². The van der Waals surface area contributed by atoms with Crippen LogP contribution in [-0.2, 0) is 23.8 Å². The summed E-state index contributed by atoms with van der Waals surface area (Å²) in [6.45, 7) is 10.2. The fourth-order valence-corrected chi connectivity index (χ4v) is 0.575. The SMILES string of the molecule is CC(=O)OCCOC(C)=O.CCO.CCOCC.OCCO. The minimum atomic E-state index is -0.368. The lowest BCUT2D eigenvalue weighted by molar-refractivity contribution is -0.149. The third-order valence-corrected chi connectivity index (χ3v) is 1.20. The molecule has 0 bridgehead atoms. The van der Waals surface area contributed by atoms with E-state index < -0.39 is 0 Å². The summed E-state index contributed by atoms with van der Waals surface area (Å²) in [4.78, 5) is 20.3. The number of aliphatic hydroxyl groups excluding tert-OH is 3. The zero-order chi connectivity index (χ0) is 18.2. The third kappa shape index (κ3) is 77.0. The zero-order valence-corrected chi connectivity index (χ0v) is 14.3. The molecule has 0 saturated heterocycles. The van der Waals surface area contributed by atoms with Crippen molar-refractivity contribution < 1.29 is 39.1 Å². The average molecular weight is 328 g/mol. The van der Waals surface area contributed by atoms with E-state index in [1.54, 1.807) is 6.92 Å². The molecule has 0 aliphatic rings. The summed E-state index contributed by atoms with van der Waals surface area (Å²) in [6, 6.07) is 0. The quantitative estimate of drug-likeness (QED) is 0.464. The lowest BCUT2D eigenvalue weighted by atomic mass is 10.7. The summed E-state index contributed by atoms with van der Waals surface area (Å²) >= 11 is 0. The number of ether oxygens (including phenoxy) is 3. The van der Waals surface area contributed by atoms with Crippen LogP contribution in [0.1, 0.15) is 34.6 Å². The largest absolute Gasteiger partial charge is 0.462 e. The summed E-state index contributed by atoms with van der Waals surface area (Å²) in [6.07, 6.45) is 0. The van der Waals surface area contributed by atoms with Gasteiger partial charge in [-0.2, -0.15) is 0 Å². The minimum Gasteiger partial charge on any atom is -0.462 e. The molecule has 0 spiro atoms. The molecule has 0 atom stereocenters. The lowest BCUT2D eigenvalue weighted by Gasteiger charge is -2.00. The fourth-order valence-electron chi connectivity index (χ4n) is 0.575. The molecule has 0 aliphatic heterocycles. The van der Waals surface area contributed by atoms with Crippen LogP contribution in [0.4, 0.5) is 0 Å². The van der Waals surface area contributed by atoms with E-state index in [2.05, 4.69) is 9.47 Å². The van der Waals surface area contributed by atoms with Crippen molar-refractivity contribution in [2.24, 2.45) is 0 Å². The van der Waals surface area contributed by atoms with Crippen LogP contribution in [-0.4, -0.2) is 73.5 Å². The van der Waals surface area contributed by atoms with E-state index in [0.717, 1.165) is 13.2 Å². The topological polar surface area (TPSA) is 123 Å². The Morgan fingerprint density at radius 2 is 1.05 bits per heavy atom. The Morgan fingerprint density at radius 3 is 1.14 bits per heavy atom. The molecule has 0 radical (unpaired) electrons. The van der Waals surface area contributed by atoms with Crippen LogP contribution in [0.25, 0.3) is 0 Å². The Morgan fingerprint density at radius 1 is 0.773 bits per heavy atom. The van der Waals surface area contributed by atoms with Crippen molar-refractivity contribution in [1.29, 1.82) is 0 Å². The van der Waals surface area contributed by atoms with Gasteiger partial charge in [0.05, 0.1) is 13.2 Å². The summed E-state index contributed by atoms with van der Waals surface area (Å²) in [5.41, 5.74) is 0. The highest BCUT2D eigenvalue weighted by Crippen LogP contribution is 1.79. The van der Waals surface area contributed by atoms with Gasteiger partial charge >= 0.3 is 11.9 Å². The highest BCUT2D eigenvalue weighted by molar-refractivity contribution is 5.66. The molecule has 0 aliphatic carbocycles. The molecule has 0 fully saturated rings. The van der Waals surface area contributed by atoms with E-state index in [1.165, 1.54) is 13.8 Å². The van der Waals surface area contributed by atoms with Gasteiger partial charge in [0.15, 0.2) is 0 Å². The number of hydrogen-bond donors (Lipinski definition) is 3. The Bertz CT molecular complexity index is 189. The Hall–Kier alpha value is -1.22. The van der Waals surface area contributed by atoms with Crippen LogP contribution in [0.15, 0.2) is 0 Å². The maximum absolute atomic E-state index is 10.1. The third-order valence-electron chi connectivity index (χ3n) is 1.20. The fraction of sp³-hybridized carbons (Fsp3) is 0.857. The number of esters is 2. The molecule has 0 aromatic rings. The van der Waals surface area contributed by atoms with Crippen molar-refractivity contribution in [3.05, 3.63) is 0 Å². The van der Waals surface area contributed by atoms with Gasteiger partial charge in [0.1, 0.15) is 13.2 Å². The number of aliphatic hydroxyl groups is 3. The monoisotopic (exact) mass is 328 g/mol. The highest BCUT2D eigenvalue weighted by atomic mass is 16.6. The normalized spacial score (nSPS) is 8.00. The minimum absolute atomic E-state index is 0.125. The van der Waals surface area contributed by atoms with Gasteiger partial charge in [-0.3, -0.25) is 9.59 Å². The molecule has 0 unspecified atom stereocenters. The van der Waals surface area contributed by atoms with Gasteiger partial charge in [0.25, 0.3) is 0 Å². The molecule has 0 amide bonds. The molecule has 3 N–H and O–H groups in total. The molecule has 8 nitrogen and oxygen atoms in total. The average Bonchev–Trinajstić information content (AvgIpc) is 2.46. The van der Waals surface area contributed by atoms with Gasteiger partial charge in [0.2, 0.25) is 0 Å². The Kier molecular flexibility index (Phi) is 41.9. The van der Waals surface area contributed by atoms with Gasteiger partial charge in [-0.1, -0.05) is 0 Å². The molecule has 0 aromatic heterocycles. The predicted octanol–water partition coefficient (Wildman–Crippen LogP) is 0.125. The van der Waals surface area contributed by atoms with Crippen LogP contribution in [0, 0.1) is 0 Å². The van der Waals surface area contributed by atoms with Crippen molar-refractivity contribution in [3.63, 3.8) is 0 Å². The first-order valence-electron chi connectivity index (χ1n) is 7.04. The molecular weight excluding hydrogens is 296 g/mol. The van der Waals surface area contributed by atoms with E-state index in [0.29, 0.717) is 0 Å². The standard InChI is InChI=1S/C6H10O4.C4H10O.C2H6O2.C2H6O/c1-5(7)9-3-4-10-6(2)8;1-3-5-4-2;3-1-2-4;1-2-3/h3-4H2,1-2H3;3-4H2,1-2H3;3-4H,1-2H2;3H,2H2,1H3. The van der Waals surface area contributed by atoms with Gasteiger partial charge in [-0.25, -0.2) is 0 Å². The molecule has 136 valence electrons. The molecule has 0 aromatic carbocycles. The summed E-state index contributed by atoms with van der Waals surface area (Å²) in [7, 11) is 0. The van der Waals surface area contributed by atoms with Crippen LogP contribution < -0.4 is 0 Å². The van der Waals surface area contributed by atoms with Gasteiger partial charge < -0.3 is 29.5 Å². The predicted molar refractivity (Wildman–Crippen MR) is 82.4 cm³/mol. The van der Waals surface area contributed by atoms with Crippen molar-refractivity contribution in [2.45, 2.75) is 34.6 Å². The van der Waals surface area contributed by atoms with E-state index in [4.69, 9.17) is 20.1 Å². The highest BCUT2D eigenvalue weighted by Gasteiger charge is 1.94. The van der Waals surface area contributed by atoms with E-state index >= 15 is 0 Å². The molecule has 0 rings (SSSR count). The molecule has 0 saturated carbocycles. The number of carbonyl (C=O) groups is 2. The summed E-state index contributed by atoms with van der Waals surface area (Å²) < 4.78 is 13.8. The molecular formula is C14H32O8. The first-order valence-corrected chi connectivity index (χ1v) is 7.04. The Balaban J connectivity index is -0.000000113. The first-order chi connectivity index (χ1) is 10.4. The lowest BCUT2D eigenvalue weighted by Crippen LogP contribution is -2.09. The second kappa shape index (κ2) is 31.9. The number of carbonyl (C=O) groups excluding carboxylic acids is 2. The maximum atomic E-state index is 10.1. The van der Waals surface area contributed by atoms with Crippen molar-refractivity contribution in [2.75, 3.05) is 46.2 Å². The number of rotatable bonds is 6.